The second kappa shape index (κ2) is 5.12. The van der Waals surface area contributed by atoms with Crippen molar-refractivity contribution in [2.45, 2.75) is 32.0 Å². The van der Waals surface area contributed by atoms with Crippen LogP contribution in [0.1, 0.15) is 38.1 Å². The van der Waals surface area contributed by atoms with Gasteiger partial charge in [0.05, 0.1) is 6.61 Å². The highest BCUT2D eigenvalue weighted by molar-refractivity contribution is 5.00. The van der Waals surface area contributed by atoms with E-state index in [9.17, 15) is 0 Å². The quantitative estimate of drug-likeness (QED) is 0.848. The molecule has 96 valence electrons. The van der Waals surface area contributed by atoms with Gasteiger partial charge in [-0.1, -0.05) is 12.1 Å². The van der Waals surface area contributed by atoms with Gasteiger partial charge in [0.1, 0.15) is 11.7 Å². The fourth-order valence-corrected chi connectivity index (χ4v) is 1.69. The first-order valence-corrected chi connectivity index (χ1v) is 5.91. The minimum Gasteiger partial charge on any atom is -0.369 e. The average molecular weight is 241 g/mol. The summed E-state index contributed by atoms with van der Waals surface area (Å²) in [5, 5.41) is 7.20. The van der Waals surface area contributed by atoms with Crippen molar-refractivity contribution in [2.24, 2.45) is 0 Å². The molecule has 0 spiro atoms. The van der Waals surface area contributed by atoms with Gasteiger partial charge in [-0.25, -0.2) is 0 Å². The summed E-state index contributed by atoms with van der Waals surface area (Å²) in [7, 11) is 1.64. The molecule has 2 unspecified atom stereocenters. The van der Waals surface area contributed by atoms with Crippen molar-refractivity contribution in [3.8, 4) is 0 Å². The smallest absolute Gasteiger partial charge is 0.258 e. The van der Waals surface area contributed by atoms with Gasteiger partial charge in [0.25, 0.3) is 5.89 Å². The van der Waals surface area contributed by atoms with Crippen LogP contribution in [0.15, 0.2) is 4.52 Å². The van der Waals surface area contributed by atoms with Crippen molar-refractivity contribution >= 4 is 0 Å². The Hall–Kier alpha value is -0.980. The molecule has 0 saturated carbocycles. The maximum Gasteiger partial charge on any atom is 0.258 e. The molecule has 0 aliphatic carbocycles. The van der Waals surface area contributed by atoms with Crippen LogP contribution in [0.5, 0.6) is 0 Å². The Morgan fingerprint density at radius 3 is 3.00 bits per heavy atom. The minimum atomic E-state index is -0.520. The Morgan fingerprint density at radius 2 is 2.41 bits per heavy atom. The highest BCUT2D eigenvalue weighted by Crippen LogP contribution is 2.28. The van der Waals surface area contributed by atoms with Crippen LogP contribution in [0.4, 0.5) is 0 Å². The summed E-state index contributed by atoms with van der Waals surface area (Å²) in [6, 6.07) is 0. The molecule has 1 aromatic heterocycles. The standard InChI is InChI=1S/C11H19N3O3/c1-4-11(2,15-3)10-13-9(14-17-10)8-7-12-5-6-16-8/h8,12H,4-7H2,1-3H3. The first-order valence-electron chi connectivity index (χ1n) is 5.91. The minimum absolute atomic E-state index is 0.126. The highest BCUT2D eigenvalue weighted by atomic mass is 16.5. The maximum absolute atomic E-state index is 5.57. The van der Waals surface area contributed by atoms with E-state index in [2.05, 4.69) is 15.5 Å². The van der Waals surface area contributed by atoms with Gasteiger partial charge in [0, 0.05) is 20.2 Å². The highest BCUT2D eigenvalue weighted by Gasteiger charge is 2.32. The van der Waals surface area contributed by atoms with E-state index in [0.717, 1.165) is 19.5 Å². The first kappa shape index (κ1) is 12.5. The second-order valence-corrected chi connectivity index (χ2v) is 4.31. The predicted octanol–water partition coefficient (Wildman–Crippen LogP) is 1.00. The molecule has 0 bridgehead atoms. The fraction of sp³-hybridized carbons (Fsp3) is 0.818. The fourth-order valence-electron chi connectivity index (χ4n) is 1.69. The summed E-state index contributed by atoms with van der Waals surface area (Å²) in [6.45, 7) is 6.21. The van der Waals surface area contributed by atoms with Crippen molar-refractivity contribution in [3.05, 3.63) is 11.7 Å². The number of methoxy groups -OCH3 is 1. The normalized spacial score (nSPS) is 24.5. The number of hydrogen-bond acceptors (Lipinski definition) is 6. The van der Waals surface area contributed by atoms with Gasteiger partial charge in [0.15, 0.2) is 0 Å². The average Bonchev–Trinajstić information content (AvgIpc) is 2.89. The number of ether oxygens (including phenoxy) is 2. The summed E-state index contributed by atoms with van der Waals surface area (Å²) in [6.07, 6.45) is 0.647. The topological polar surface area (TPSA) is 69.4 Å². The Morgan fingerprint density at radius 1 is 1.59 bits per heavy atom. The van der Waals surface area contributed by atoms with Crippen LogP contribution >= 0.6 is 0 Å². The van der Waals surface area contributed by atoms with E-state index in [1.54, 1.807) is 7.11 Å². The van der Waals surface area contributed by atoms with Crippen molar-refractivity contribution < 1.29 is 14.0 Å². The van der Waals surface area contributed by atoms with Gasteiger partial charge < -0.3 is 19.3 Å². The number of morpholine rings is 1. The third-order valence-corrected chi connectivity index (χ3v) is 3.23. The number of hydrogen-bond donors (Lipinski definition) is 1. The second-order valence-electron chi connectivity index (χ2n) is 4.31. The van der Waals surface area contributed by atoms with Gasteiger partial charge in [-0.05, 0) is 13.3 Å². The lowest BCUT2D eigenvalue weighted by molar-refractivity contribution is -0.0272. The molecule has 2 atom stereocenters. The molecule has 0 amide bonds. The molecule has 17 heavy (non-hydrogen) atoms. The lowest BCUT2D eigenvalue weighted by atomic mass is 10.0. The largest absolute Gasteiger partial charge is 0.369 e. The van der Waals surface area contributed by atoms with E-state index >= 15 is 0 Å². The molecule has 1 fully saturated rings. The molecular formula is C11H19N3O3. The molecule has 2 rings (SSSR count). The number of aromatic nitrogens is 2. The van der Waals surface area contributed by atoms with Gasteiger partial charge in [-0.15, -0.1) is 0 Å². The van der Waals surface area contributed by atoms with Crippen LogP contribution in [0.3, 0.4) is 0 Å². The SMILES string of the molecule is CCC(C)(OC)c1nc(C2CNCCO2)no1. The summed E-state index contributed by atoms with van der Waals surface area (Å²) in [4.78, 5) is 4.38. The predicted molar refractivity (Wildman–Crippen MR) is 60.5 cm³/mol. The van der Waals surface area contributed by atoms with Crippen LogP contribution < -0.4 is 5.32 Å². The van der Waals surface area contributed by atoms with Crippen LogP contribution in [0, 0.1) is 0 Å². The van der Waals surface area contributed by atoms with Gasteiger partial charge in [-0.2, -0.15) is 4.98 Å². The molecule has 1 aliphatic heterocycles. The Bertz CT molecular complexity index is 357. The Kier molecular flexibility index (Phi) is 3.76. The van der Waals surface area contributed by atoms with E-state index in [1.807, 2.05) is 13.8 Å². The molecule has 6 heteroatoms. The van der Waals surface area contributed by atoms with Gasteiger partial charge in [0.2, 0.25) is 5.82 Å². The van der Waals surface area contributed by atoms with E-state index in [1.165, 1.54) is 0 Å². The van der Waals surface area contributed by atoms with E-state index in [-0.39, 0.29) is 6.10 Å². The van der Waals surface area contributed by atoms with Crippen molar-refractivity contribution in [2.75, 3.05) is 26.8 Å². The molecule has 0 radical (unpaired) electrons. The third-order valence-electron chi connectivity index (χ3n) is 3.23. The van der Waals surface area contributed by atoms with E-state index < -0.39 is 5.60 Å². The van der Waals surface area contributed by atoms with Crippen LogP contribution in [-0.4, -0.2) is 36.9 Å². The van der Waals surface area contributed by atoms with Crippen LogP contribution in [0.25, 0.3) is 0 Å². The van der Waals surface area contributed by atoms with Crippen LogP contribution in [0.2, 0.25) is 0 Å². The third kappa shape index (κ3) is 2.48. The van der Waals surface area contributed by atoms with E-state index in [0.29, 0.717) is 18.3 Å². The summed E-state index contributed by atoms with van der Waals surface area (Å²) in [5.74, 6) is 1.09. The van der Waals surface area contributed by atoms with Crippen LogP contribution in [-0.2, 0) is 15.1 Å². The molecular weight excluding hydrogens is 222 g/mol. The molecule has 0 aromatic carbocycles. The lowest BCUT2D eigenvalue weighted by Gasteiger charge is -2.22. The van der Waals surface area contributed by atoms with Gasteiger partial charge >= 0.3 is 0 Å². The summed E-state index contributed by atoms with van der Waals surface area (Å²) < 4.78 is 16.3. The van der Waals surface area contributed by atoms with E-state index in [4.69, 9.17) is 14.0 Å². The number of nitrogens with one attached hydrogen (secondary N) is 1. The summed E-state index contributed by atoms with van der Waals surface area (Å²) in [5.41, 5.74) is -0.520. The molecule has 1 N–H and O–H groups in total. The molecule has 1 saturated heterocycles. The van der Waals surface area contributed by atoms with Crippen molar-refractivity contribution in [3.63, 3.8) is 0 Å². The molecule has 2 heterocycles. The zero-order chi connectivity index (χ0) is 12.3. The van der Waals surface area contributed by atoms with Crippen molar-refractivity contribution in [1.29, 1.82) is 0 Å². The first-order chi connectivity index (χ1) is 8.19. The molecule has 1 aromatic rings. The maximum atomic E-state index is 5.57. The number of rotatable bonds is 4. The van der Waals surface area contributed by atoms with Gasteiger partial charge in [-0.3, -0.25) is 0 Å². The number of nitrogens with zero attached hydrogens (tertiary/aromatic N) is 2. The Labute approximate surface area is 101 Å². The monoisotopic (exact) mass is 241 g/mol. The Balaban J connectivity index is 2.14. The lowest BCUT2D eigenvalue weighted by Crippen LogP contribution is -2.34. The molecule has 1 aliphatic rings. The zero-order valence-electron chi connectivity index (χ0n) is 10.5. The van der Waals surface area contributed by atoms with Crippen molar-refractivity contribution in [1.82, 2.24) is 15.5 Å². The molecule has 6 nitrogen and oxygen atoms in total. The zero-order valence-corrected chi connectivity index (χ0v) is 10.5. The summed E-state index contributed by atoms with van der Waals surface area (Å²) >= 11 is 0.